The van der Waals surface area contributed by atoms with Gasteiger partial charge in [0.25, 0.3) is 20.2 Å². The van der Waals surface area contributed by atoms with Gasteiger partial charge < -0.3 is 0 Å². The molecule has 1 aromatic rings. The van der Waals surface area contributed by atoms with Gasteiger partial charge in [-0.05, 0) is 25.0 Å². The predicted octanol–water partition coefficient (Wildman–Crippen LogP) is 1.92. The van der Waals surface area contributed by atoms with E-state index in [-0.39, 0.29) is 13.2 Å². The summed E-state index contributed by atoms with van der Waals surface area (Å²) in [5, 5.41) is 0. The molecule has 0 spiro atoms. The first-order valence-electron chi connectivity index (χ1n) is 6.23. The molecule has 20 heavy (non-hydrogen) atoms. The summed E-state index contributed by atoms with van der Waals surface area (Å²) < 4.78 is 57.5. The van der Waals surface area contributed by atoms with Gasteiger partial charge in [-0.1, -0.05) is 26.0 Å². The van der Waals surface area contributed by atoms with Crippen molar-refractivity contribution in [3.8, 4) is 0 Å². The van der Waals surface area contributed by atoms with E-state index >= 15 is 0 Å². The Balaban J connectivity index is 3.24. The molecule has 0 atom stereocenters. The Labute approximate surface area is 120 Å². The minimum atomic E-state index is -4.12. The Morgan fingerprint density at radius 3 is 1.45 bits per heavy atom. The fraction of sp³-hybridized carbons (Fsp3) is 0.500. The Bertz CT molecular complexity index is 577. The Kier molecular flexibility index (Phi) is 6.12. The summed E-state index contributed by atoms with van der Waals surface area (Å²) in [4.78, 5) is -0.797. The molecule has 0 aliphatic carbocycles. The molecular formula is C12H18O6S2. The maximum absolute atomic E-state index is 12.0. The van der Waals surface area contributed by atoms with Crippen LogP contribution in [0.2, 0.25) is 0 Å². The lowest BCUT2D eigenvalue weighted by atomic mass is 10.4. The smallest absolute Gasteiger partial charge is 0.266 e. The van der Waals surface area contributed by atoms with Gasteiger partial charge in [0, 0.05) is 0 Å². The molecule has 0 heterocycles. The minimum absolute atomic E-state index is 0.00741. The van der Waals surface area contributed by atoms with Crippen LogP contribution in [-0.4, -0.2) is 30.0 Å². The molecule has 0 fully saturated rings. The van der Waals surface area contributed by atoms with Gasteiger partial charge >= 0.3 is 0 Å². The van der Waals surface area contributed by atoms with Gasteiger partial charge in [-0.3, -0.25) is 8.37 Å². The van der Waals surface area contributed by atoms with Crippen molar-refractivity contribution < 1.29 is 25.2 Å². The molecule has 0 N–H and O–H groups in total. The molecule has 114 valence electrons. The number of rotatable bonds is 8. The van der Waals surface area contributed by atoms with Gasteiger partial charge in [0.15, 0.2) is 0 Å². The van der Waals surface area contributed by atoms with Crippen molar-refractivity contribution in [1.82, 2.24) is 0 Å². The fourth-order valence-electron chi connectivity index (χ4n) is 1.38. The van der Waals surface area contributed by atoms with Crippen LogP contribution >= 0.6 is 0 Å². The summed E-state index contributed by atoms with van der Waals surface area (Å²) in [6.45, 7) is 3.49. The van der Waals surface area contributed by atoms with Gasteiger partial charge in [-0.2, -0.15) is 16.8 Å². The zero-order chi connectivity index (χ0) is 15.2. The highest BCUT2D eigenvalue weighted by Crippen LogP contribution is 2.24. The largest absolute Gasteiger partial charge is 0.298 e. The van der Waals surface area contributed by atoms with Crippen molar-refractivity contribution in [2.24, 2.45) is 0 Å². The summed E-state index contributed by atoms with van der Waals surface area (Å²) in [7, 11) is -8.24. The molecule has 1 rings (SSSR count). The molecule has 0 aliphatic heterocycles. The average Bonchev–Trinajstić information content (AvgIpc) is 2.43. The normalized spacial score (nSPS) is 12.5. The quantitative estimate of drug-likeness (QED) is 0.680. The second-order valence-electron chi connectivity index (χ2n) is 4.00. The lowest BCUT2D eigenvalue weighted by Crippen LogP contribution is -2.15. The molecule has 0 radical (unpaired) electrons. The van der Waals surface area contributed by atoms with E-state index in [1.807, 2.05) is 0 Å². The first kappa shape index (κ1) is 17.1. The maximum atomic E-state index is 12.0. The molecule has 0 saturated carbocycles. The molecule has 6 nitrogen and oxygen atoms in total. The third-order valence-corrected chi connectivity index (χ3v) is 5.15. The van der Waals surface area contributed by atoms with Crippen molar-refractivity contribution in [2.45, 2.75) is 36.5 Å². The third kappa shape index (κ3) is 4.27. The third-order valence-electron chi connectivity index (χ3n) is 2.27. The molecule has 0 bridgehead atoms. The molecule has 8 heteroatoms. The summed E-state index contributed by atoms with van der Waals surface area (Å²) >= 11 is 0. The first-order valence-corrected chi connectivity index (χ1v) is 9.04. The van der Waals surface area contributed by atoms with Crippen LogP contribution in [0, 0.1) is 0 Å². The lowest BCUT2D eigenvalue weighted by molar-refractivity contribution is 0.309. The van der Waals surface area contributed by atoms with E-state index in [4.69, 9.17) is 8.37 Å². The van der Waals surface area contributed by atoms with Crippen molar-refractivity contribution in [3.63, 3.8) is 0 Å². The summed E-state index contributed by atoms with van der Waals surface area (Å²) in [5.41, 5.74) is 0. The van der Waals surface area contributed by atoms with Gasteiger partial charge in [-0.25, -0.2) is 0 Å². The van der Waals surface area contributed by atoms with Crippen molar-refractivity contribution in [1.29, 1.82) is 0 Å². The zero-order valence-corrected chi connectivity index (χ0v) is 13.0. The van der Waals surface area contributed by atoms with Gasteiger partial charge in [-0.15, -0.1) is 0 Å². The predicted molar refractivity (Wildman–Crippen MR) is 73.3 cm³/mol. The first-order chi connectivity index (χ1) is 9.35. The van der Waals surface area contributed by atoms with Crippen LogP contribution in [-0.2, 0) is 28.6 Å². The highest BCUT2D eigenvalue weighted by Gasteiger charge is 2.27. The van der Waals surface area contributed by atoms with Crippen LogP contribution in [0.5, 0.6) is 0 Å². The second kappa shape index (κ2) is 7.16. The van der Waals surface area contributed by atoms with Crippen molar-refractivity contribution in [2.75, 3.05) is 13.2 Å². The van der Waals surface area contributed by atoms with Crippen molar-refractivity contribution in [3.05, 3.63) is 24.3 Å². The molecule has 0 aromatic heterocycles. The monoisotopic (exact) mass is 322 g/mol. The molecular weight excluding hydrogens is 304 g/mol. The van der Waals surface area contributed by atoms with E-state index in [0.29, 0.717) is 12.8 Å². The second-order valence-corrected chi connectivity index (χ2v) is 7.17. The number of benzene rings is 1. The Morgan fingerprint density at radius 1 is 0.800 bits per heavy atom. The van der Waals surface area contributed by atoms with Crippen molar-refractivity contribution >= 4 is 20.2 Å². The van der Waals surface area contributed by atoms with Crippen LogP contribution < -0.4 is 0 Å². The van der Waals surface area contributed by atoms with E-state index in [9.17, 15) is 16.8 Å². The zero-order valence-electron chi connectivity index (χ0n) is 11.4. The topological polar surface area (TPSA) is 86.7 Å². The van der Waals surface area contributed by atoms with Crippen LogP contribution in [0.3, 0.4) is 0 Å². The van der Waals surface area contributed by atoms with Crippen LogP contribution in [0.25, 0.3) is 0 Å². The fourth-order valence-corrected chi connectivity index (χ4v) is 4.13. The standard InChI is InChI=1S/C12H18O6S2/c1-3-9-17-19(13,14)11-7-5-6-8-12(11)20(15,16)18-10-4-2/h5-8H,3-4,9-10H2,1-2H3. The van der Waals surface area contributed by atoms with E-state index < -0.39 is 30.0 Å². The Morgan fingerprint density at radius 2 is 1.15 bits per heavy atom. The van der Waals surface area contributed by atoms with Gasteiger partial charge in [0.2, 0.25) is 0 Å². The molecule has 0 saturated heterocycles. The number of hydrogen-bond acceptors (Lipinski definition) is 6. The summed E-state index contributed by atoms with van der Waals surface area (Å²) in [6, 6.07) is 5.24. The average molecular weight is 322 g/mol. The minimum Gasteiger partial charge on any atom is -0.266 e. The Hall–Kier alpha value is -0.960. The van der Waals surface area contributed by atoms with Gasteiger partial charge in [0.1, 0.15) is 9.79 Å². The molecule has 0 unspecified atom stereocenters. The van der Waals surface area contributed by atoms with E-state index in [2.05, 4.69) is 0 Å². The highest BCUT2D eigenvalue weighted by atomic mass is 32.2. The van der Waals surface area contributed by atoms with Crippen LogP contribution in [0.15, 0.2) is 34.1 Å². The van der Waals surface area contributed by atoms with E-state index in [1.165, 1.54) is 24.3 Å². The molecule has 0 amide bonds. The SMILES string of the molecule is CCCOS(=O)(=O)c1ccccc1S(=O)(=O)OCCC. The molecule has 0 aliphatic rings. The van der Waals surface area contributed by atoms with Gasteiger partial charge in [0.05, 0.1) is 13.2 Å². The maximum Gasteiger partial charge on any atom is 0.298 e. The van der Waals surface area contributed by atoms with E-state index in [1.54, 1.807) is 13.8 Å². The molecule has 1 aromatic carbocycles. The van der Waals surface area contributed by atoms with Crippen LogP contribution in [0.4, 0.5) is 0 Å². The lowest BCUT2D eigenvalue weighted by Gasteiger charge is -2.10. The highest BCUT2D eigenvalue weighted by molar-refractivity contribution is 7.90. The number of hydrogen-bond donors (Lipinski definition) is 0. The summed E-state index contributed by atoms with van der Waals surface area (Å²) in [5.74, 6) is 0. The van der Waals surface area contributed by atoms with Crippen LogP contribution in [0.1, 0.15) is 26.7 Å². The van der Waals surface area contributed by atoms with E-state index in [0.717, 1.165) is 0 Å². The summed E-state index contributed by atoms with van der Waals surface area (Å²) in [6.07, 6.45) is 1.00.